The quantitative estimate of drug-likeness (QED) is 0.321. The van der Waals surface area contributed by atoms with Gasteiger partial charge in [0.25, 0.3) is 0 Å². The zero-order valence-corrected chi connectivity index (χ0v) is 14.6. The lowest BCUT2D eigenvalue weighted by molar-refractivity contribution is 0.149. The molecular formula is C14H18N7O4P. The van der Waals surface area contributed by atoms with Gasteiger partial charge in [0, 0.05) is 25.5 Å². The lowest BCUT2D eigenvalue weighted by Crippen LogP contribution is -2.09. The summed E-state index contributed by atoms with van der Waals surface area (Å²) in [5.74, 6) is 0.590. The molecule has 26 heavy (non-hydrogen) atoms. The molecule has 0 amide bonds. The third kappa shape index (κ3) is 4.73. The van der Waals surface area contributed by atoms with Crippen LogP contribution >= 0.6 is 7.60 Å². The van der Waals surface area contributed by atoms with Crippen LogP contribution in [0.1, 0.15) is 5.56 Å². The second-order valence-electron chi connectivity index (χ2n) is 5.45. The van der Waals surface area contributed by atoms with Crippen LogP contribution in [0.3, 0.4) is 0 Å². The number of pyridine rings is 1. The van der Waals surface area contributed by atoms with Crippen LogP contribution in [0.4, 0.5) is 11.8 Å². The van der Waals surface area contributed by atoms with Crippen molar-refractivity contribution in [3.05, 3.63) is 36.4 Å². The number of rotatable bonds is 8. The Labute approximate surface area is 148 Å². The molecule has 0 spiro atoms. The Balaban J connectivity index is 1.72. The molecule has 0 aliphatic carbocycles. The Morgan fingerprint density at radius 1 is 1.27 bits per heavy atom. The summed E-state index contributed by atoms with van der Waals surface area (Å²) in [7, 11) is -4.18. The highest BCUT2D eigenvalue weighted by atomic mass is 31.2. The van der Waals surface area contributed by atoms with E-state index in [1.54, 1.807) is 23.3 Å². The number of nitrogens with one attached hydrogen (secondary N) is 1. The summed E-state index contributed by atoms with van der Waals surface area (Å²) in [4.78, 5) is 34.2. The van der Waals surface area contributed by atoms with Gasteiger partial charge in [-0.25, -0.2) is 4.98 Å². The summed E-state index contributed by atoms with van der Waals surface area (Å²) >= 11 is 0. The molecule has 3 aromatic heterocycles. The molecule has 0 saturated heterocycles. The average molecular weight is 379 g/mol. The van der Waals surface area contributed by atoms with E-state index in [0.717, 1.165) is 5.56 Å². The molecule has 0 saturated carbocycles. The second kappa shape index (κ2) is 7.75. The average Bonchev–Trinajstić information content (AvgIpc) is 2.99. The van der Waals surface area contributed by atoms with Crippen LogP contribution in [0.5, 0.6) is 0 Å². The summed E-state index contributed by atoms with van der Waals surface area (Å²) in [5.41, 5.74) is 7.86. The monoisotopic (exact) mass is 379 g/mol. The summed E-state index contributed by atoms with van der Waals surface area (Å²) < 4.78 is 17.4. The first-order valence-electron chi connectivity index (χ1n) is 7.66. The molecule has 0 bridgehead atoms. The molecule has 0 aliphatic heterocycles. The van der Waals surface area contributed by atoms with Gasteiger partial charge in [-0.2, -0.15) is 9.97 Å². The Bertz CT molecular complexity index is 928. The number of hydrogen-bond donors (Lipinski definition) is 4. The van der Waals surface area contributed by atoms with Crippen molar-refractivity contribution in [3.63, 3.8) is 0 Å². The van der Waals surface area contributed by atoms with Gasteiger partial charge < -0.3 is 30.1 Å². The van der Waals surface area contributed by atoms with Crippen LogP contribution in [0.25, 0.3) is 11.2 Å². The third-order valence-corrected chi connectivity index (χ3v) is 3.95. The van der Waals surface area contributed by atoms with Gasteiger partial charge in [0.05, 0.1) is 12.9 Å². The van der Waals surface area contributed by atoms with E-state index in [0.29, 0.717) is 30.1 Å². The molecule has 11 nitrogen and oxygen atoms in total. The molecule has 0 unspecified atom stereocenters. The number of fused-ring (bicyclic) bond motifs is 1. The predicted molar refractivity (Wildman–Crippen MR) is 94.2 cm³/mol. The second-order valence-corrected chi connectivity index (χ2v) is 7.04. The van der Waals surface area contributed by atoms with E-state index < -0.39 is 13.9 Å². The lowest BCUT2D eigenvalue weighted by Gasteiger charge is -2.09. The SMILES string of the molecule is Nc1nc(NCc2ccncc2)c2ncn(CCOCP(=O)(O)O)c2n1. The predicted octanol–water partition coefficient (Wildman–Crippen LogP) is 0.567. The van der Waals surface area contributed by atoms with Gasteiger partial charge in [-0.05, 0) is 17.7 Å². The topological polar surface area (TPSA) is 161 Å². The zero-order valence-electron chi connectivity index (χ0n) is 13.7. The van der Waals surface area contributed by atoms with Crippen molar-refractivity contribution in [2.75, 3.05) is 24.0 Å². The largest absolute Gasteiger partial charge is 0.368 e. The molecule has 138 valence electrons. The summed E-state index contributed by atoms with van der Waals surface area (Å²) in [6, 6.07) is 3.76. The van der Waals surface area contributed by atoms with Gasteiger partial charge >= 0.3 is 7.60 Å². The summed E-state index contributed by atoms with van der Waals surface area (Å²) in [6.07, 6.45) is 4.33. The Kier molecular flexibility index (Phi) is 5.43. The fraction of sp³-hybridized carbons (Fsp3) is 0.286. The van der Waals surface area contributed by atoms with Crippen molar-refractivity contribution >= 4 is 30.5 Å². The van der Waals surface area contributed by atoms with Gasteiger partial charge in [-0.3, -0.25) is 9.55 Å². The fourth-order valence-electron chi connectivity index (χ4n) is 2.28. The highest BCUT2D eigenvalue weighted by Crippen LogP contribution is 2.33. The first kappa shape index (κ1) is 18.2. The molecule has 0 atom stereocenters. The van der Waals surface area contributed by atoms with Crippen LogP contribution in [0.15, 0.2) is 30.9 Å². The highest BCUT2D eigenvalue weighted by Gasteiger charge is 2.14. The standard InChI is InChI=1S/C14H18N7O4P/c15-14-19-12(17-7-10-1-3-16-4-2-10)11-13(20-14)21(8-18-11)5-6-25-9-26(22,23)24/h1-4,8H,5-7,9H2,(H2,22,23,24)(H3,15,17,19,20). The molecule has 3 aromatic rings. The molecule has 0 fully saturated rings. The van der Waals surface area contributed by atoms with E-state index in [9.17, 15) is 4.57 Å². The van der Waals surface area contributed by atoms with Crippen molar-refractivity contribution in [2.24, 2.45) is 0 Å². The minimum Gasteiger partial charge on any atom is -0.368 e. The number of hydrogen-bond acceptors (Lipinski definition) is 8. The number of imidazole rings is 1. The van der Waals surface area contributed by atoms with Crippen LogP contribution in [-0.4, -0.2) is 47.2 Å². The van der Waals surface area contributed by atoms with Crippen molar-refractivity contribution in [2.45, 2.75) is 13.1 Å². The van der Waals surface area contributed by atoms with Crippen molar-refractivity contribution in [1.82, 2.24) is 24.5 Å². The fourth-order valence-corrected chi connectivity index (χ4v) is 2.65. The summed E-state index contributed by atoms with van der Waals surface area (Å²) in [5, 5.41) is 3.18. The maximum Gasteiger partial charge on any atom is 0.350 e. The van der Waals surface area contributed by atoms with E-state index in [1.165, 1.54) is 0 Å². The summed E-state index contributed by atoms with van der Waals surface area (Å²) in [6.45, 7) is 0.934. The number of aromatic nitrogens is 5. The molecule has 3 heterocycles. The lowest BCUT2D eigenvalue weighted by atomic mass is 10.3. The van der Waals surface area contributed by atoms with Crippen LogP contribution in [-0.2, 0) is 22.4 Å². The van der Waals surface area contributed by atoms with E-state index in [-0.39, 0.29) is 12.6 Å². The first-order valence-corrected chi connectivity index (χ1v) is 9.45. The van der Waals surface area contributed by atoms with Crippen LogP contribution < -0.4 is 11.1 Å². The number of anilines is 2. The first-order chi connectivity index (χ1) is 12.4. The molecule has 12 heteroatoms. The smallest absolute Gasteiger partial charge is 0.350 e. The van der Waals surface area contributed by atoms with Gasteiger partial charge in [0.15, 0.2) is 17.0 Å². The van der Waals surface area contributed by atoms with Crippen LogP contribution in [0.2, 0.25) is 0 Å². The van der Waals surface area contributed by atoms with Crippen molar-refractivity contribution in [3.8, 4) is 0 Å². The maximum absolute atomic E-state index is 10.8. The highest BCUT2D eigenvalue weighted by molar-refractivity contribution is 7.51. The molecule has 5 N–H and O–H groups in total. The number of ether oxygens (including phenoxy) is 1. The molecular weight excluding hydrogens is 361 g/mol. The van der Waals surface area contributed by atoms with E-state index in [4.69, 9.17) is 20.3 Å². The number of nitrogens with two attached hydrogens (primary N) is 1. The molecule has 3 rings (SSSR count). The van der Waals surface area contributed by atoms with Gasteiger partial charge in [0.2, 0.25) is 5.95 Å². The molecule has 0 aromatic carbocycles. The van der Waals surface area contributed by atoms with E-state index in [1.807, 2.05) is 12.1 Å². The normalized spacial score (nSPS) is 11.8. The van der Waals surface area contributed by atoms with Crippen molar-refractivity contribution < 1.29 is 19.1 Å². The van der Waals surface area contributed by atoms with E-state index in [2.05, 4.69) is 25.3 Å². The van der Waals surface area contributed by atoms with Crippen molar-refractivity contribution in [1.29, 1.82) is 0 Å². The number of nitrogen functional groups attached to an aromatic ring is 1. The van der Waals surface area contributed by atoms with Gasteiger partial charge in [-0.1, -0.05) is 0 Å². The Morgan fingerprint density at radius 3 is 2.77 bits per heavy atom. The van der Waals surface area contributed by atoms with Gasteiger partial charge in [-0.15, -0.1) is 0 Å². The Hall–Kier alpha value is -2.59. The zero-order chi connectivity index (χ0) is 18.6. The third-order valence-electron chi connectivity index (χ3n) is 3.43. The molecule has 0 aliphatic rings. The molecule has 0 radical (unpaired) electrons. The van der Waals surface area contributed by atoms with E-state index >= 15 is 0 Å². The Morgan fingerprint density at radius 2 is 2.04 bits per heavy atom. The van der Waals surface area contributed by atoms with Crippen LogP contribution in [0, 0.1) is 0 Å². The van der Waals surface area contributed by atoms with Gasteiger partial charge in [0.1, 0.15) is 6.35 Å². The minimum absolute atomic E-state index is 0.0904. The maximum atomic E-state index is 10.8. The number of nitrogens with zero attached hydrogens (tertiary/aromatic N) is 5. The minimum atomic E-state index is -4.18.